The molecule has 0 aliphatic heterocycles. The number of hydrogen-bond acceptors (Lipinski definition) is 5. The summed E-state index contributed by atoms with van der Waals surface area (Å²) in [5.74, 6) is 2.06. The number of nitrogens with zero attached hydrogens (tertiary/aromatic N) is 1. The topological polar surface area (TPSA) is 111 Å². The van der Waals surface area contributed by atoms with E-state index in [1.807, 2.05) is 31.2 Å². The van der Waals surface area contributed by atoms with Crippen LogP contribution in [0.2, 0.25) is 0 Å². The number of nitrogens with two attached hydrogens (primary N) is 1. The summed E-state index contributed by atoms with van der Waals surface area (Å²) < 4.78 is 16.5. The van der Waals surface area contributed by atoms with Crippen LogP contribution in [0.3, 0.4) is 0 Å². The molecule has 8 heteroatoms. The van der Waals surface area contributed by atoms with E-state index in [0.717, 1.165) is 0 Å². The van der Waals surface area contributed by atoms with Crippen molar-refractivity contribution in [3.05, 3.63) is 47.9 Å². The number of hydrogen-bond donors (Lipinski definition) is 3. The molecule has 1 aromatic carbocycles. The second kappa shape index (κ2) is 9.36. The quantitative estimate of drug-likeness (QED) is 0.486. The van der Waals surface area contributed by atoms with Crippen molar-refractivity contribution in [2.24, 2.45) is 10.7 Å². The minimum Gasteiger partial charge on any atom is -0.493 e. The summed E-state index contributed by atoms with van der Waals surface area (Å²) in [4.78, 5) is 15.2. The second-order valence-electron chi connectivity index (χ2n) is 5.52. The number of methoxy groups -OCH3 is 1. The van der Waals surface area contributed by atoms with Gasteiger partial charge in [0.15, 0.2) is 23.2 Å². The Morgan fingerprint density at radius 1 is 1.23 bits per heavy atom. The zero-order valence-corrected chi connectivity index (χ0v) is 15.1. The van der Waals surface area contributed by atoms with Crippen molar-refractivity contribution in [1.82, 2.24) is 10.6 Å². The van der Waals surface area contributed by atoms with Gasteiger partial charge >= 0.3 is 0 Å². The maximum Gasteiger partial charge on any atom is 0.284 e. The van der Waals surface area contributed by atoms with Crippen LogP contribution in [0.15, 0.2) is 45.8 Å². The Kier molecular flexibility index (Phi) is 6.90. The molecule has 0 fully saturated rings. The number of guanidine groups is 1. The number of aliphatic imine (C=N–C) groups is 1. The lowest BCUT2D eigenvalue weighted by molar-refractivity contribution is 0.0972. The van der Waals surface area contributed by atoms with Crippen LogP contribution in [0.25, 0.3) is 0 Å². The van der Waals surface area contributed by atoms with Gasteiger partial charge in [-0.25, -0.2) is 0 Å². The molecule has 1 heterocycles. The van der Waals surface area contributed by atoms with Gasteiger partial charge in [-0.3, -0.25) is 9.79 Å². The van der Waals surface area contributed by atoms with Crippen molar-refractivity contribution in [3.8, 4) is 11.5 Å². The SMILES string of the molecule is CN=C(NCc1ccc(C(N)=O)o1)NCC(C)Oc1ccccc1OC. The highest BCUT2D eigenvalue weighted by molar-refractivity contribution is 5.89. The van der Waals surface area contributed by atoms with Gasteiger partial charge in [-0.15, -0.1) is 0 Å². The van der Waals surface area contributed by atoms with Crippen molar-refractivity contribution < 1.29 is 18.7 Å². The van der Waals surface area contributed by atoms with Crippen molar-refractivity contribution in [1.29, 1.82) is 0 Å². The maximum absolute atomic E-state index is 11.0. The van der Waals surface area contributed by atoms with Crippen molar-refractivity contribution in [2.45, 2.75) is 19.6 Å². The second-order valence-corrected chi connectivity index (χ2v) is 5.52. The number of rotatable bonds is 8. The molecule has 1 amide bonds. The van der Waals surface area contributed by atoms with E-state index in [0.29, 0.717) is 36.3 Å². The number of primary amides is 1. The molecule has 0 spiro atoms. The summed E-state index contributed by atoms with van der Waals surface area (Å²) in [5, 5.41) is 6.26. The molecule has 2 aromatic rings. The van der Waals surface area contributed by atoms with E-state index in [9.17, 15) is 4.79 Å². The molecule has 4 N–H and O–H groups in total. The lowest BCUT2D eigenvalue weighted by atomic mass is 10.3. The molecule has 0 radical (unpaired) electrons. The van der Waals surface area contributed by atoms with Gasteiger partial charge in [-0.05, 0) is 31.2 Å². The Hall–Kier alpha value is -3.16. The van der Waals surface area contributed by atoms with E-state index < -0.39 is 5.91 Å². The molecule has 0 saturated heterocycles. The number of amides is 1. The van der Waals surface area contributed by atoms with Crippen molar-refractivity contribution in [2.75, 3.05) is 20.7 Å². The van der Waals surface area contributed by atoms with Crippen LogP contribution in [0, 0.1) is 0 Å². The van der Waals surface area contributed by atoms with Crippen LogP contribution in [0.4, 0.5) is 0 Å². The maximum atomic E-state index is 11.0. The van der Waals surface area contributed by atoms with Gasteiger partial charge in [0, 0.05) is 7.05 Å². The van der Waals surface area contributed by atoms with Gasteiger partial charge in [0.25, 0.3) is 5.91 Å². The third kappa shape index (κ3) is 5.44. The monoisotopic (exact) mass is 360 g/mol. The van der Waals surface area contributed by atoms with Gasteiger partial charge in [-0.1, -0.05) is 12.1 Å². The molecule has 0 aliphatic rings. The third-order valence-corrected chi connectivity index (χ3v) is 3.51. The molecule has 2 rings (SSSR count). The number of carbonyl (C=O) groups excluding carboxylic acids is 1. The van der Waals surface area contributed by atoms with E-state index in [1.165, 1.54) is 0 Å². The summed E-state index contributed by atoms with van der Waals surface area (Å²) in [6.07, 6.45) is -0.116. The van der Waals surface area contributed by atoms with Crippen molar-refractivity contribution in [3.63, 3.8) is 0 Å². The minimum absolute atomic E-state index is 0.116. The smallest absolute Gasteiger partial charge is 0.284 e. The van der Waals surface area contributed by atoms with E-state index in [-0.39, 0.29) is 11.9 Å². The predicted molar refractivity (Wildman–Crippen MR) is 98.5 cm³/mol. The first-order chi connectivity index (χ1) is 12.5. The molecule has 140 valence electrons. The summed E-state index contributed by atoms with van der Waals surface area (Å²) in [6, 6.07) is 10.7. The zero-order valence-electron chi connectivity index (χ0n) is 15.1. The fraction of sp³-hybridized carbons (Fsp3) is 0.333. The molecule has 1 unspecified atom stereocenters. The van der Waals surface area contributed by atoms with Crippen LogP contribution in [-0.4, -0.2) is 38.7 Å². The Labute approximate surface area is 152 Å². The highest BCUT2D eigenvalue weighted by Gasteiger charge is 2.10. The fourth-order valence-corrected chi connectivity index (χ4v) is 2.21. The van der Waals surface area contributed by atoms with E-state index in [4.69, 9.17) is 19.6 Å². The number of furan rings is 1. The Morgan fingerprint density at radius 3 is 2.58 bits per heavy atom. The number of para-hydroxylation sites is 2. The largest absolute Gasteiger partial charge is 0.493 e. The van der Waals surface area contributed by atoms with Gasteiger partial charge < -0.3 is 30.3 Å². The van der Waals surface area contributed by atoms with Crippen LogP contribution in [0.1, 0.15) is 23.2 Å². The summed E-state index contributed by atoms with van der Waals surface area (Å²) >= 11 is 0. The van der Waals surface area contributed by atoms with Crippen LogP contribution >= 0.6 is 0 Å². The molecule has 0 aliphatic carbocycles. The first-order valence-corrected chi connectivity index (χ1v) is 8.16. The van der Waals surface area contributed by atoms with Gasteiger partial charge in [0.05, 0.1) is 20.2 Å². The lowest BCUT2D eigenvalue weighted by Gasteiger charge is -2.18. The average molecular weight is 360 g/mol. The van der Waals surface area contributed by atoms with Crippen LogP contribution in [0.5, 0.6) is 11.5 Å². The Morgan fingerprint density at radius 2 is 1.96 bits per heavy atom. The first kappa shape index (κ1) is 19.2. The molecule has 1 atom stereocenters. The minimum atomic E-state index is -0.596. The highest BCUT2D eigenvalue weighted by atomic mass is 16.5. The van der Waals surface area contributed by atoms with Crippen molar-refractivity contribution >= 4 is 11.9 Å². The van der Waals surface area contributed by atoms with Gasteiger partial charge in [0.2, 0.25) is 0 Å². The molecular weight excluding hydrogens is 336 g/mol. The van der Waals surface area contributed by atoms with Crippen LogP contribution < -0.4 is 25.8 Å². The number of carbonyl (C=O) groups is 1. The Balaban J connectivity index is 1.81. The van der Waals surface area contributed by atoms with Crippen LogP contribution in [-0.2, 0) is 6.54 Å². The number of nitrogens with one attached hydrogen (secondary N) is 2. The molecule has 1 aromatic heterocycles. The van der Waals surface area contributed by atoms with E-state index in [2.05, 4.69) is 15.6 Å². The Bertz CT molecular complexity index is 757. The number of benzene rings is 1. The van der Waals surface area contributed by atoms with E-state index in [1.54, 1.807) is 26.3 Å². The normalized spacial score (nSPS) is 12.3. The lowest BCUT2D eigenvalue weighted by Crippen LogP contribution is -2.41. The van der Waals surface area contributed by atoms with E-state index >= 15 is 0 Å². The molecular formula is C18H24N4O4. The summed E-state index contributed by atoms with van der Waals surface area (Å²) in [5.41, 5.74) is 5.16. The molecule has 26 heavy (non-hydrogen) atoms. The fourth-order valence-electron chi connectivity index (χ4n) is 2.21. The molecule has 8 nitrogen and oxygen atoms in total. The standard InChI is InChI=1S/C18H24N4O4/c1-12(25-15-7-5-4-6-14(15)24-3)10-21-18(20-2)22-11-13-8-9-16(26-13)17(19)23/h4-9,12H,10-11H2,1-3H3,(H2,19,23)(H2,20,21,22). The summed E-state index contributed by atoms with van der Waals surface area (Å²) in [6.45, 7) is 2.84. The first-order valence-electron chi connectivity index (χ1n) is 8.16. The van der Waals surface area contributed by atoms with Gasteiger partial charge in [0.1, 0.15) is 11.9 Å². The predicted octanol–water partition coefficient (Wildman–Crippen LogP) is 1.52. The average Bonchev–Trinajstić information content (AvgIpc) is 3.11. The van der Waals surface area contributed by atoms with Gasteiger partial charge in [-0.2, -0.15) is 0 Å². The highest BCUT2D eigenvalue weighted by Crippen LogP contribution is 2.26. The molecule has 0 bridgehead atoms. The molecule has 0 saturated carbocycles. The third-order valence-electron chi connectivity index (χ3n) is 3.51. The summed E-state index contributed by atoms with van der Waals surface area (Å²) in [7, 11) is 3.27. The number of ether oxygens (including phenoxy) is 2. The zero-order chi connectivity index (χ0) is 18.9.